The Morgan fingerprint density at radius 3 is 2.76 bits per heavy atom. The molecule has 138 valence electrons. The molecule has 1 saturated carbocycles. The summed E-state index contributed by atoms with van der Waals surface area (Å²) in [6.45, 7) is 10.9. The Hall–Kier alpha value is -1.67. The summed E-state index contributed by atoms with van der Waals surface area (Å²) in [6.07, 6.45) is 1.31. The number of nitrogens with zero attached hydrogens (tertiary/aromatic N) is 3. The van der Waals surface area contributed by atoms with Crippen LogP contribution in [0.2, 0.25) is 0 Å². The molecular formula is C17H27N5O3. The van der Waals surface area contributed by atoms with Crippen LogP contribution >= 0.6 is 0 Å². The Kier molecular flexibility index (Phi) is 3.99. The fourth-order valence-corrected chi connectivity index (χ4v) is 5.38. The Balaban J connectivity index is 1.45. The van der Waals surface area contributed by atoms with Crippen LogP contribution in [0, 0.1) is 16.7 Å². The summed E-state index contributed by atoms with van der Waals surface area (Å²) in [7, 11) is 0. The number of carbonyl (C=O) groups excluding carboxylic acids is 1. The first-order valence-corrected chi connectivity index (χ1v) is 9.09. The predicted molar refractivity (Wildman–Crippen MR) is 91.1 cm³/mol. The lowest BCUT2D eigenvalue weighted by atomic mass is 9.48. The monoisotopic (exact) mass is 349 g/mol. The summed E-state index contributed by atoms with van der Waals surface area (Å²) in [5.41, 5.74) is 0.117. The van der Waals surface area contributed by atoms with Gasteiger partial charge >= 0.3 is 5.69 Å². The minimum absolute atomic E-state index is 0.0503. The van der Waals surface area contributed by atoms with Gasteiger partial charge in [-0.2, -0.15) is 5.10 Å². The maximum atomic E-state index is 12.7. The number of nitrogens with one attached hydrogen (secondary N) is 2. The van der Waals surface area contributed by atoms with E-state index in [1.165, 1.54) is 0 Å². The lowest BCUT2D eigenvalue weighted by molar-refractivity contribution is -0.130. The molecule has 1 aliphatic carbocycles. The van der Waals surface area contributed by atoms with Gasteiger partial charge in [0, 0.05) is 38.1 Å². The first kappa shape index (κ1) is 16.8. The van der Waals surface area contributed by atoms with E-state index in [0.29, 0.717) is 11.7 Å². The third kappa shape index (κ3) is 3.01. The molecule has 3 fully saturated rings. The van der Waals surface area contributed by atoms with E-state index in [2.05, 4.69) is 33.9 Å². The van der Waals surface area contributed by atoms with Crippen molar-refractivity contribution in [2.45, 2.75) is 26.7 Å². The highest BCUT2D eigenvalue weighted by molar-refractivity contribution is 5.78. The van der Waals surface area contributed by atoms with Crippen LogP contribution in [0.4, 0.5) is 0 Å². The Bertz CT molecular complexity index is 705. The fraction of sp³-hybridized carbons (Fsp3) is 0.824. The van der Waals surface area contributed by atoms with Crippen LogP contribution in [0.25, 0.3) is 0 Å². The standard InChI is InChI=1S/C17H27N5O3/c1-16(2)9-17(10-21-3-5-25-6-4-21)11-22(8-12(16)17)14(23)7-13-18-15(24)20-19-13/h12H,3-11H2,1-2H3,(H2,18,19,20,24)/t12-,17+/m1/s1. The van der Waals surface area contributed by atoms with Gasteiger partial charge in [0.2, 0.25) is 5.91 Å². The number of aromatic nitrogens is 3. The van der Waals surface area contributed by atoms with Crippen molar-refractivity contribution in [1.82, 2.24) is 25.0 Å². The number of morpholine rings is 1. The SMILES string of the molecule is CC1(C)C[C@]2(CN3CCOCC3)CN(C(=O)Cc3n[nH]c(=O)[nH]3)C[C@H]12. The number of ether oxygens (including phenoxy) is 1. The lowest BCUT2D eigenvalue weighted by Gasteiger charge is -2.58. The summed E-state index contributed by atoms with van der Waals surface area (Å²) >= 11 is 0. The van der Waals surface area contributed by atoms with E-state index in [-0.39, 0.29) is 28.8 Å². The average Bonchev–Trinajstić information content (AvgIpc) is 3.10. The van der Waals surface area contributed by atoms with E-state index in [1.54, 1.807) is 0 Å². The van der Waals surface area contributed by atoms with Gasteiger partial charge in [-0.05, 0) is 17.8 Å². The molecule has 0 spiro atoms. The Morgan fingerprint density at radius 1 is 1.36 bits per heavy atom. The van der Waals surface area contributed by atoms with Crippen LogP contribution in [0.15, 0.2) is 4.79 Å². The smallest absolute Gasteiger partial charge is 0.340 e. The number of fused-ring (bicyclic) bond motifs is 1. The van der Waals surface area contributed by atoms with Crippen LogP contribution < -0.4 is 5.69 Å². The topological polar surface area (TPSA) is 94.3 Å². The van der Waals surface area contributed by atoms with E-state index in [9.17, 15) is 9.59 Å². The molecule has 1 amide bonds. The van der Waals surface area contributed by atoms with Gasteiger partial charge in [0.05, 0.1) is 19.6 Å². The zero-order chi connectivity index (χ0) is 17.7. The van der Waals surface area contributed by atoms with Gasteiger partial charge in [-0.3, -0.25) is 14.7 Å². The normalized spacial score (nSPS) is 31.6. The molecule has 0 radical (unpaired) electrons. The molecular weight excluding hydrogens is 322 g/mol. The second-order valence-corrected chi connectivity index (χ2v) is 8.54. The number of rotatable bonds is 4. The van der Waals surface area contributed by atoms with Crippen LogP contribution in [-0.4, -0.2) is 76.8 Å². The fourth-order valence-electron chi connectivity index (χ4n) is 5.38. The molecule has 0 aromatic carbocycles. The third-order valence-electron chi connectivity index (χ3n) is 6.26. The van der Waals surface area contributed by atoms with Gasteiger partial charge in [0.15, 0.2) is 0 Å². The lowest BCUT2D eigenvalue weighted by Crippen LogP contribution is -2.59. The van der Waals surface area contributed by atoms with Gasteiger partial charge < -0.3 is 9.64 Å². The first-order chi connectivity index (χ1) is 11.9. The summed E-state index contributed by atoms with van der Waals surface area (Å²) in [5, 5.41) is 6.18. The zero-order valence-corrected chi connectivity index (χ0v) is 15.0. The van der Waals surface area contributed by atoms with E-state index in [1.807, 2.05) is 4.90 Å². The first-order valence-electron chi connectivity index (χ1n) is 9.09. The van der Waals surface area contributed by atoms with Crippen molar-refractivity contribution in [2.24, 2.45) is 16.7 Å². The van der Waals surface area contributed by atoms with Crippen molar-refractivity contribution in [2.75, 3.05) is 45.9 Å². The molecule has 0 bridgehead atoms. The second-order valence-electron chi connectivity index (χ2n) is 8.54. The summed E-state index contributed by atoms with van der Waals surface area (Å²) in [6, 6.07) is 0. The molecule has 1 aromatic heterocycles. The number of hydrogen-bond acceptors (Lipinski definition) is 5. The molecule has 2 aliphatic heterocycles. The highest BCUT2D eigenvalue weighted by atomic mass is 16.5. The van der Waals surface area contributed by atoms with Crippen molar-refractivity contribution in [3.63, 3.8) is 0 Å². The number of carbonyl (C=O) groups is 1. The van der Waals surface area contributed by atoms with Gasteiger partial charge in [-0.1, -0.05) is 13.8 Å². The minimum Gasteiger partial charge on any atom is -0.379 e. The predicted octanol–water partition coefficient (Wildman–Crippen LogP) is -0.153. The molecule has 25 heavy (non-hydrogen) atoms. The van der Waals surface area contributed by atoms with Crippen LogP contribution in [-0.2, 0) is 16.0 Å². The van der Waals surface area contributed by atoms with E-state index >= 15 is 0 Å². The highest BCUT2D eigenvalue weighted by Crippen LogP contribution is 2.63. The number of likely N-dealkylation sites (tertiary alicyclic amines) is 1. The molecule has 2 saturated heterocycles. The second kappa shape index (κ2) is 5.95. The quantitative estimate of drug-likeness (QED) is 0.788. The van der Waals surface area contributed by atoms with E-state index < -0.39 is 0 Å². The van der Waals surface area contributed by atoms with Crippen molar-refractivity contribution in [1.29, 1.82) is 0 Å². The molecule has 2 atom stereocenters. The maximum absolute atomic E-state index is 12.7. The van der Waals surface area contributed by atoms with Crippen molar-refractivity contribution >= 4 is 5.91 Å². The molecule has 8 heteroatoms. The van der Waals surface area contributed by atoms with Crippen LogP contribution in [0.3, 0.4) is 0 Å². The van der Waals surface area contributed by atoms with Gasteiger partial charge in [-0.25, -0.2) is 9.89 Å². The minimum atomic E-state index is -0.366. The van der Waals surface area contributed by atoms with Gasteiger partial charge in [0.25, 0.3) is 0 Å². The van der Waals surface area contributed by atoms with Gasteiger partial charge in [-0.15, -0.1) is 0 Å². The van der Waals surface area contributed by atoms with Crippen LogP contribution in [0.5, 0.6) is 0 Å². The molecule has 0 unspecified atom stereocenters. The molecule has 3 aliphatic rings. The Labute approximate surface area is 146 Å². The van der Waals surface area contributed by atoms with E-state index in [0.717, 1.165) is 52.4 Å². The number of H-pyrrole nitrogens is 2. The van der Waals surface area contributed by atoms with Crippen molar-refractivity contribution in [3.8, 4) is 0 Å². The molecule has 8 nitrogen and oxygen atoms in total. The maximum Gasteiger partial charge on any atom is 0.340 e. The molecule has 2 N–H and O–H groups in total. The van der Waals surface area contributed by atoms with Crippen molar-refractivity contribution < 1.29 is 9.53 Å². The zero-order valence-electron chi connectivity index (χ0n) is 15.0. The average molecular weight is 349 g/mol. The summed E-state index contributed by atoms with van der Waals surface area (Å²) < 4.78 is 5.47. The molecule has 4 rings (SSSR count). The number of aromatic amines is 2. The summed E-state index contributed by atoms with van der Waals surface area (Å²) in [5.74, 6) is 0.995. The molecule has 1 aromatic rings. The van der Waals surface area contributed by atoms with Crippen molar-refractivity contribution in [3.05, 3.63) is 16.3 Å². The highest BCUT2D eigenvalue weighted by Gasteiger charge is 2.63. The largest absolute Gasteiger partial charge is 0.379 e. The van der Waals surface area contributed by atoms with Crippen LogP contribution in [0.1, 0.15) is 26.1 Å². The van der Waals surface area contributed by atoms with E-state index in [4.69, 9.17) is 4.74 Å². The van der Waals surface area contributed by atoms with Gasteiger partial charge in [0.1, 0.15) is 5.82 Å². The third-order valence-corrected chi connectivity index (χ3v) is 6.26. The molecule has 3 heterocycles. The summed E-state index contributed by atoms with van der Waals surface area (Å²) in [4.78, 5) is 30.9. The number of hydrogen-bond donors (Lipinski definition) is 2. The number of amides is 1. The Morgan fingerprint density at radius 2 is 2.12 bits per heavy atom.